The van der Waals surface area contributed by atoms with Crippen molar-refractivity contribution in [1.29, 1.82) is 0 Å². The number of piperidine rings is 1. The standard InChI is InChI=1S/C14H24N2O2/c17-12-15-5-3-14(4-6-15)2-1-13(11-14)16-7-9-18-10-8-16/h12-13H,1-11H2. The summed E-state index contributed by atoms with van der Waals surface area (Å²) in [4.78, 5) is 15.3. The molecule has 1 saturated carbocycles. The molecule has 0 aromatic carbocycles. The van der Waals surface area contributed by atoms with Crippen LogP contribution >= 0.6 is 0 Å². The van der Waals surface area contributed by atoms with Gasteiger partial charge in [0.05, 0.1) is 13.2 Å². The summed E-state index contributed by atoms with van der Waals surface area (Å²) >= 11 is 0. The lowest BCUT2D eigenvalue weighted by atomic mass is 9.77. The van der Waals surface area contributed by atoms with E-state index < -0.39 is 0 Å². The molecule has 1 atom stereocenters. The van der Waals surface area contributed by atoms with Crippen LogP contribution in [0.2, 0.25) is 0 Å². The molecule has 0 bridgehead atoms. The number of likely N-dealkylation sites (tertiary alicyclic amines) is 1. The predicted octanol–water partition coefficient (Wildman–Crippen LogP) is 1.11. The zero-order valence-electron chi connectivity index (χ0n) is 11.1. The Morgan fingerprint density at radius 2 is 1.78 bits per heavy atom. The van der Waals surface area contributed by atoms with Crippen molar-refractivity contribution in [3.63, 3.8) is 0 Å². The van der Waals surface area contributed by atoms with E-state index in [1.807, 2.05) is 4.90 Å². The van der Waals surface area contributed by atoms with Crippen molar-refractivity contribution >= 4 is 6.41 Å². The van der Waals surface area contributed by atoms with E-state index in [0.29, 0.717) is 5.41 Å². The second kappa shape index (κ2) is 5.17. The smallest absolute Gasteiger partial charge is 0.209 e. The summed E-state index contributed by atoms with van der Waals surface area (Å²) in [6.45, 7) is 5.98. The molecule has 1 amide bonds. The third-order valence-corrected chi connectivity index (χ3v) is 5.25. The number of rotatable bonds is 2. The van der Waals surface area contributed by atoms with Gasteiger partial charge in [0.2, 0.25) is 6.41 Å². The highest BCUT2D eigenvalue weighted by atomic mass is 16.5. The summed E-state index contributed by atoms with van der Waals surface area (Å²) in [6, 6.07) is 0.775. The highest BCUT2D eigenvalue weighted by molar-refractivity contribution is 5.47. The molecule has 0 radical (unpaired) electrons. The second-order valence-corrected chi connectivity index (χ2v) is 6.19. The lowest BCUT2D eigenvalue weighted by Gasteiger charge is -2.39. The van der Waals surface area contributed by atoms with Gasteiger partial charge in [0, 0.05) is 32.2 Å². The van der Waals surface area contributed by atoms with Crippen molar-refractivity contribution in [3.05, 3.63) is 0 Å². The number of hydrogen-bond acceptors (Lipinski definition) is 3. The number of carbonyl (C=O) groups excluding carboxylic acids is 1. The fourth-order valence-electron chi connectivity index (χ4n) is 3.99. The zero-order chi connectivity index (χ0) is 12.4. The summed E-state index contributed by atoms with van der Waals surface area (Å²) in [5, 5.41) is 0. The molecule has 4 heteroatoms. The third-order valence-electron chi connectivity index (χ3n) is 5.25. The summed E-state index contributed by atoms with van der Waals surface area (Å²) in [7, 11) is 0. The topological polar surface area (TPSA) is 32.8 Å². The van der Waals surface area contributed by atoms with Gasteiger partial charge in [0.15, 0.2) is 0 Å². The highest BCUT2D eigenvalue weighted by Gasteiger charge is 2.42. The van der Waals surface area contributed by atoms with Crippen LogP contribution in [0.15, 0.2) is 0 Å². The molecule has 2 heterocycles. The lowest BCUT2D eigenvalue weighted by Crippen LogP contribution is -2.44. The van der Waals surface area contributed by atoms with Crippen LogP contribution in [0.3, 0.4) is 0 Å². The Balaban J connectivity index is 1.56. The molecular formula is C14H24N2O2. The Bertz CT molecular complexity index is 294. The average molecular weight is 252 g/mol. The van der Waals surface area contributed by atoms with E-state index in [4.69, 9.17) is 4.74 Å². The number of hydrogen-bond donors (Lipinski definition) is 0. The Hall–Kier alpha value is -0.610. The Morgan fingerprint density at radius 3 is 2.44 bits per heavy atom. The van der Waals surface area contributed by atoms with E-state index in [1.54, 1.807) is 0 Å². The van der Waals surface area contributed by atoms with Crippen LogP contribution in [0.25, 0.3) is 0 Å². The van der Waals surface area contributed by atoms with Gasteiger partial charge >= 0.3 is 0 Å². The van der Waals surface area contributed by atoms with Crippen LogP contribution in [-0.2, 0) is 9.53 Å². The van der Waals surface area contributed by atoms with Crippen molar-refractivity contribution < 1.29 is 9.53 Å². The highest BCUT2D eigenvalue weighted by Crippen LogP contribution is 2.47. The fraction of sp³-hybridized carbons (Fsp3) is 0.929. The monoisotopic (exact) mass is 252 g/mol. The number of carbonyl (C=O) groups is 1. The number of morpholine rings is 1. The molecule has 0 aromatic heterocycles. The van der Waals surface area contributed by atoms with Crippen LogP contribution in [0, 0.1) is 5.41 Å². The SMILES string of the molecule is O=CN1CCC2(CCC(N3CCOCC3)C2)CC1. The lowest BCUT2D eigenvalue weighted by molar-refractivity contribution is -0.120. The summed E-state index contributed by atoms with van der Waals surface area (Å²) in [6.07, 6.45) is 7.50. The summed E-state index contributed by atoms with van der Waals surface area (Å²) in [5.74, 6) is 0. The van der Waals surface area contributed by atoms with Gasteiger partial charge in [-0.1, -0.05) is 0 Å². The molecule has 0 N–H and O–H groups in total. The van der Waals surface area contributed by atoms with E-state index >= 15 is 0 Å². The average Bonchev–Trinajstić information content (AvgIpc) is 2.85. The Morgan fingerprint density at radius 1 is 1.06 bits per heavy atom. The molecule has 1 unspecified atom stereocenters. The van der Waals surface area contributed by atoms with Gasteiger partial charge in [-0.2, -0.15) is 0 Å². The minimum absolute atomic E-state index is 0.544. The first-order valence-corrected chi connectivity index (χ1v) is 7.33. The first-order valence-electron chi connectivity index (χ1n) is 7.33. The van der Waals surface area contributed by atoms with Crippen LogP contribution in [0.5, 0.6) is 0 Å². The molecule has 3 rings (SSSR count). The van der Waals surface area contributed by atoms with E-state index in [2.05, 4.69) is 4.90 Å². The maximum absolute atomic E-state index is 10.8. The van der Waals surface area contributed by atoms with Crippen LogP contribution in [0.1, 0.15) is 32.1 Å². The molecule has 1 spiro atoms. The van der Waals surface area contributed by atoms with Crippen LogP contribution in [0.4, 0.5) is 0 Å². The number of nitrogens with zero attached hydrogens (tertiary/aromatic N) is 2. The fourth-order valence-corrected chi connectivity index (χ4v) is 3.99. The Kier molecular flexibility index (Phi) is 3.57. The van der Waals surface area contributed by atoms with Gasteiger partial charge in [0.25, 0.3) is 0 Å². The van der Waals surface area contributed by atoms with E-state index in [0.717, 1.165) is 51.8 Å². The number of amides is 1. The molecule has 2 saturated heterocycles. The summed E-state index contributed by atoms with van der Waals surface area (Å²) < 4.78 is 5.44. The van der Waals surface area contributed by atoms with Gasteiger partial charge in [-0.25, -0.2) is 0 Å². The quantitative estimate of drug-likeness (QED) is 0.690. The normalized spacial score (nSPS) is 32.9. The maximum atomic E-state index is 10.8. The number of ether oxygens (including phenoxy) is 1. The molecular weight excluding hydrogens is 228 g/mol. The molecule has 18 heavy (non-hydrogen) atoms. The van der Waals surface area contributed by atoms with Crippen molar-refractivity contribution in [2.45, 2.75) is 38.1 Å². The second-order valence-electron chi connectivity index (χ2n) is 6.19. The largest absolute Gasteiger partial charge is 0.379 e. The van der Waals surface area contributed by atoms with Crippen molar-refractivity contribution in [2.24, 2.45) is 5.41 Å². The van der Waals surface area contributed by atoms with Crippen LogP contribution < -0.4 is 0 Å². The molecule has 2 aliphatic heterocycles. The van der Waals surface area contributed by atoms with Crippen LogP contribution in [-0.4, -0.2) is 61.6 Å². The molecule has 3 aliphatic rings. The predicted molar refractivity (Wildman–Crippen MR) is 69.3 cm³/mol. The first kappa shape index (κ1) is 12.4. The van der Waals surface area contributed by atoms with Gasteiger partial charge in [-0.3, -0.25) is 9.69 Å². The molecule has 1 aliphatic carbocycles. The third kappa shape index (κ3) is 2.41. The molecule has 0 aromatic rings. The zero-order valence-corrected chi connectivity index (χ0v) is 11.1. The first-order chi connectivity index (χ1) is 8.81. The molecule has 102 valence electrons. The van der Waals surface area contributed by atoms with Crippen molar-refractivity contribution in [3.8, 4) is 0 Å². The van der Waals surface area contributed by atoms with E-state index in [9.17, 15) is 4.79 Å². The Labute approximate surface area is 109 Å². The minimum Gasteiger partial charge on any atom is -0.379 e. The van der Waals surface area contributed by atoms with Gasteiger partial charge < -0.3 is 9.64 Å². The van der Waals surface area contributed by atoms with Crippen molar-refractivity contribution in [2.75, 3.05) is 39.4 Å². The summed E-state index contributed by atoms with van der Waals surface area (Å²) in [5.41, 5.74) is 0.544. The maximum Gasteiger partial charge on any atom is 0.209 e. The molecule has 4 nitrogen and oxygen atoms in total. The van der Waals surface area contributed by atoms with Gasteiger partial charge in [-0.15, -0.1) is 0 Å². The van der Waals surface area contributed by atoms with Crippen molar-refractivity contribution in [1.82, 2.24) is 9.80 Å². The molecule has 3 fully saturated rings. The van der Waals surface area contributed by atoms with Gasteiger partial charge in [-0.05, 0) is 37.5 Å². The minimum atomic E-state index is 0.544. The van der Waals surface area contributed by atoms with Gasteiger partial charge in [0.1, 0.15) is 0 Å². The van der Waals surface area contributed by atoms with E-state index in [1.165, 1.54) is 32.1 Å². The van der Waals surface area contributed by atoms with E-state index in [-0.39, 0.29) is 0 Å².